The van der Waals surface area contributed by atoms with E-state index >= 15 is 0 Å². The first-order valence-corrected chi connectivity index (χ1v) is 10.2. The molecule has 0 unspecified atom stereocenters. The Labute approximate surface area is 163 Å². The van der Waals surface area contributed by atoms with Gasteiger partial charge in [-0.15, -0.1) is 0 Å². The Kier molecular flexibility index (Phi) is 5.55. The molecule has 0 heterocycles. The third kappa shape index (κ3) is 4.61. The van der Waals surface area contributed by atoms with E-state index in [4.69, 9.17) is 4.74 Å². The van der Waals surface area contributed by atoms with E-state index in [0.717, 1.165) is 6.42 Å². The lowest BCUT2D eigenvalue weighted by molar-refractivity contribution is -0.123. The van der Waals surface area contributed by atoms with Gasteiger partial charge >= 0.3 is 0 Å². The molecule has 9 heteroatoms. The van der Waals surface area contributed by atoms with Crippen molar-refractivity contribution in [1.29, 1.82) is 0 Å². The third-order valence-electron chi connectivity index (χ3n) is 4.49. The van der Waals surface area contributed by atoms with Crippen LogP contribution in [0.4, 0.5) is 5.69 Å². The number of sulfonamides is 1. The Bertz CT molecular complexity index is 989. The summed E-state index contributed by atoms with van der Waals surface area (Å²) in [4.78, 5) is 23.9. The van der Waals surface area contributed by atoms with Gasteiger partial charge in [0.1, 0.15) is 5.75 Å². The average Bonchev–Trinajstić information content (AvgIpc) is 3.43. The molecule has 0 radical (unpaired) electrons. The molecule has 1 aliphatic rings. The van der Waals surface area contributed by atoms with Gasteiger partial charge in [0.25, 0.3) is 15.9 Å². The number of carbonyl (C=O) groups is 2. The van der Waals surface area contributed by atoms with Gasteiger partial charge in [-0.05, 0) is 54.8 Å². The van der Waals surface area contributed by atoms with E-state index < -0.39 is 15.9 Å². The zero-order chi connectivity index (χ0) is 20.3. The van der Waals surface area contributed by atoms with Crippen molar-refractivity contribution in [3.63, 3.8) is 0 Å². The summed E-state index contributed by atoms with van der Waals surface area (Å²) >= 11 is 0. The number of nitrogens with one attached hydrogen (secondary N) is 3. The fraction of sp³-hybridized carbons (Fsp3) is 0.263. The second-order valence-corrected chi connectivity index (χ2v) is 8.31. The van der Waals surface area contributed by atoms with E-state index in [1.165, 1.54) is 31.4 Å². The maximum absolute atomic E-state index is 12.6. The minimum atomic E-state index is -3.89. The van der Waals surface area contributed by atoms with Crippen molar-refractivity contribution >= 4 is 27.5 Å². The Morgan fingerprint density at radius 1 is 1.07 bits per heavy atom. The zero-order valence-electron chi connectivity index (χ0n) is 15.4. The third-order valence-corrected chi connectivity index (χ3v) is 5.87. The second kappa shape index (κ2) is 7.89. The summed E-state index contributed by atoms with van der Waals surface area (Å²) < 4.78 is 32.7. The Morgan fingerprint density at radius 3 is 2.36 bits per heavy atom. The first-order chi connectivity index (χ1) is 13.3. The standard InChI is InChI=1S/C19H21N3O5S/c1-12-10-17(12)19(24)21-20-18(23)13-4-3-5-16(11-13)28(25,26)22-14-6-8-15(27-2)9-7-14/h3-9,11-12,17,22H,10H2,1-2H3,(H,20,23)(H,21,24)/t12-,17-/m0/s1. The number of anilines is 1. The molecule has 148 valence electrons. The van der Waals surface area contributed by atoms with E-state index in [-0.39, 0.29) is 22.3 Å². The molecule has 0 aliphatic heterocycles. The molecule has 3 N–H and O–H groups in total. The highest BCUT2D eigenvalue weighted by molar-refractivity contribution is 7.92. The highest BCUT2D eigenvalue weighted by Crippen LogP contribution is 2.37. The zero-order valence-corrected chi connectivity index (χ0v) is 16.2. The number of ether oxygens (including phenoxy) is 1. The molecule has 0 aromatic heterocycles. The SMILES string of the molecule is COc1ccc(NS(=O)(=O)c2cccc(C(=O)NNC(=O)[C@H]3C[C@@H]3C)c2)cc1. The molecule has 3 rings (SSSR count). The molecule has 2 atom stereocenters. The van der Waals surface area contributed by atoms with Crippen LogP contribution in [-0.4, -0.2) is 27.3 Å². The van der Waals surface area contributed by atoms with E-state index in [2.05, 4.69) is 15.6 Å². The predicted octanol–water partition coefficient (Wildman–Crippen LogP) is 1.91. The molecular formula is C19H21N3O5S. The van der Waals surface area contributed by atoms with Crippen LogP contribution in [0.3, 0.4) is 0 Å². The highest BCUT2D eigenvalue weighted by Gasteiger charge is 2.39. The molecule has 1 fully saturated rings. The summed E-state index contributed by atoms with van der Waals surface area (Å²) in [6.45, 7) is 1.95. The molecule has 2 aromatic rings. The lowest BCUT2D eigenvalue weighted by Gasteiger charge is -2.11. The summed E-state index contributed by atoms with van der Waals surface area (Å²) in [6.07, 6.45) is 0.798. The van der Waals surface area contributed by atoms with Crippen molar-refractivity contribution in [2.24, 2.45) is 11.8 Å². The first kappa shape index (κ1) is 19.7. The largest absolute Gasteiger partial charge is 0.497 e. The normalized spacial score (nSPS) is 18.1. The monoisotopic (exact) mass is 403 g/mol. The van der Waals surface area contributed by atoms with Crippen molar-refractivity contribution in [2.75, 3.05) is 11.8 Å². The Balaban J connectivity index is 1.68. The summed E-state index contributed by atoms with van der Waals surface area (Å²) in [5.41, 5.74) is 5.16. The van der Waals surface area contributed by atoms with Crippen molar-refractivity contribution in [2.45, 2.75) is 18.2 Å². The Hall–Kier alpha value is -3.07. The fourth-order valence-corrected chi connectivity index (χ4v) is 3.75. The van der Waals surface area contributed by atoms with Crippen molar-refractivity contribution in [3.8, 4) is 5.75 Å². The van der Waals surface area contributed by atoms with Crippen LogP contribution in [0.15, 0.2) is 53.4 Å². The van der Waals surface area contributed by atoms with Gasteiger partial charge in [0.2, 0.25) is 5.91 Å². The number of rotatable bonds is 6. The van der Waals surface area contributed by atoms with Gasteiger partial charge < -0.3 is 4.74 Å². The van der Waals surface area contributed by atoms with E-state index in [0.29, 0.717) is 17.4 Å². The summed E-state index contributed by atoms with van der Waals surface area (Å²) in [7, 11) is -2.37. The molecule has 28 heavy (non-hydrogen) atoms. The van der Waals surface area contributed by atoms with Gasteiger partial charge in [-0.2, -0.15) is 0 Å². The van der Waals surface area contributed by atoms with Gasteiger partial charge in [0.05, 0.1) is 12.0 Å². The van der Waals surface area contributed by atoms with E-state index in [1.54, 1.807) is 24.3 Å². The highest BCUT2D eigenvalue weighted by atomic mass is 32.2. The molecule has 2 aromatic carbocycles. The lowest BCUT2D eigenvalue weighted by Crippen LogP contribution is -2.42. The van der Waals surface area contributed by atoms with E-state index in [9.17, 15) is 18.0 Å². The van der Waals surface area contributed by atoms with Crippen LogP contribution in [0.2, 0.25) is 0 Å². The molecule has 0 spiro atoms. The molecule has 1 aliphatic carbocycles. The van der Waals surface area contributed by atoms with Gasteiger partial charge in [-0.3, -0.25) is 25.2 Å². The van der Waals surface area contributed by atoms with Crippen LogP contribution in [0.5, 0.6) is 5.75 Å². The molecular weight excluding hydrogens is 382 g/mol. The number of hydrogen-bond acceptors (Lipinski definition) is 5. The van der Waals surface area contributed by atoms with Gasteiger partial charge in [-0.25, -0.2) is 8.42 Å². The Morgan fingerprint density at radius 2 is 1.75 bits per heavy atom. The van der Waals surface area contributed by atoms with E-state index in [1.807, 2.05) is 6.92 Å². The van der Waals surface area contributed by atoms with Gasteiger partial charge in [0.15, 0.2) is 0 Å². The number of benzene rings is 2. The van der Waals surface area contributed by atoms with Crippen LogP contribution in [0.1, 0.15) is 23.7 Å². The number of amides is 2. The molecule has 0 bridgehead atoms. The fourth-order valence-electron chi connectivity index (χ4n) is 2.65. The smallest absolute Gasteiger partial charge is 0.269 e. The van der Waals surface area contributed by atoms with Crippen LogP contribution < -0.4 is 20.3 Å². The summed E-state index contributed by atoms with van der Waals surface area (Å²) in [5.74, 6) is -0.00619. The quantitative estimate of drug-likeness (QED) is 0.638. The van der Waals surface area contributed by atoms with Crippen LogP contribution >= 0.6 is 0 Å². The van der Waals surface area contributed by atoms with Crippen molar-refractivity contribution < 1.29 is 22.7 Å². The van der Waals surface area contributed by atoms with Gasteiger partial charge in [0, 0.05) is 17.2 Å². The molecule has 2 amide bonds. The molecule has 0 saturated heterocycles. The number of hydrazine groups is 1. The molecule has 8 nitrogen and oxygen atoms in total. The average molecular weight is 403 g/mol. The number of carbonyl (C=O) groups excluding carboxylic acids is 2. The maximum atomic E-state index is 12.6. The van der Waals surface area contributed by atoms with Crippen LogP contribution in [-0.2, 0) is 14.8 Å². The van der Waals surface area contributed by atoms with Crippen molar-refractivity contribution in [1.82, 2.24) is 10.9 Å². The summed E-state index contributed by atoms with van der Waals surface area (Å²) in [6, 6.07) is 12.0. The molecule has 1 saturated carbocycles. The van der Waals surface area contributed by atoms with Crippen LogP contribution in [0, 0.1) is 11.8 Å². The van der Waals surface area contributed by atoms with Crippen LogP contribution in [0.25, 0.3) is 0 Å². The van der Waals surface area contributed by atoms with Gasteiger partial charge in [-0.1, -0.05) is 13.0 Å². The minimum Gasteiger partial charge on any atom is -0.497 e. The number of methoxy groups -OCH3 is 1. The summed E-state index contributed by atoms with van der Waals surface area (Å²) in [5, 5.41) is 0. The minimum absolute atomic E-state index is 0.0712. The first-order valence-electron chi connectivity index (χ1n) is 8.67. The predicted molar refractivity (Wildman–Crippen MR) is 103 cm³/mol. The van der Waals surface area contributed by atoms with Crippen molar-refractivity contribution in [3.05, 3.63) is 54.1 Å². The lowest BCUT2D eigenvalue weighted by atomic mass is 10.2. The maximum Gasteiger partial charge on any atom is 0.269 e. The topological polar surface area (TPSA) is 114 Å². The second-order valence-electron chi connectivity index (χ2n) is 6.62. The number of hydrogen-bond donors (Lipinski definition) is 3.